The molecule has 0 amide bonds. The largest absolute Gasteiger partial charge is 0.462 e. The highest BCUT2D eigenvalue weighted by Gasteiger charge is 2.19. The van der Waals surface area contributed by atoms with Crippen LogP contribution in [0.15, 0.2) is 146 Å². The van der Waals surface area contributed by atoms with Crippen LogP contribution in [0, 0.1) is 0 Å². The summed E-state index contributed by atoms with van der Waals surface area (Å²) in [7, 11) is 0. The smallest absolute Gasteiger partial charge is 0.306 e. The minimum Gasteiger partial charge on any atom is -0.462 e. The second-order valence-electron chi connectivity index (χ2n) is 19.9. The highest BCUT2D eigenvalue weighted by molar-refractivity contribution is 5.71. The van der Waals surface area contributed by atoms with E-state index >= 15 is 0 Å². The van der Waals surface area contributed by atoms with Gasteiger partial charge in [-0.1, -0.05) is 244 Å². The molecule has 76 heavy (non-hydrogen) atoms. The summed E-state index contributed by atoms with van der Waals surface area (Å²) < 4.78 is 16.8. The van der Waals surface area contributed by atoms with E-state index in [2.05, 4.69) is 167 Å². The van der Waals surface area contributed by atoms with E-state index in [-0.39, 0.29) is 31.1 Å². The lowest BCUT2D eigenvalue weighted by molar-refractivity contribution is -0.167. The lowest BCUT2D eigenvalue weighted by Crippen LogP contribution is -2.30. The first-order valence-electron chi connectivity index (χ1n) is 30.8. The van der Waals surface area contributed by atoms with E-state index in [0.29, 0.717) is 19.3 Å². The van der Waals surface area contributed by atoms with Crippen molar-refractivity contribution in [2.75, 3.05) is 13.2 Å². The molecule has 1 unspecified atom stereocenters. The summed E-state index contributed by atoms with van der Waals surface area (Å²) >= 11 is 0. The highest BCUT2D eigenvalue weighted by Crippen LogP contribution is 2.13. The van der Waals surface area contributed by atoms with E-state index in [4.69, 9.17) is 14.2 Å². The molecule has 0 aliphatic heterocycles. The molecule has 0 saturated heterocycles. The Balaban J connectivity index is 4.38. The van der Waals surface area contributed by atoms with Gasteiger partial charge in [-0.15, -0.1) is 0 Å². The SMILES string of the molecule is CC/C=C\C/C=C\C/C=C\C/C=C\C/C=C\C/C=C\C/C=C\C/C=C\C/C=C\CCCCCC(=O)OCC(COC(=O)CCCCCCC/C=C\CCCC)OC(=O)CCCCCCC/C=C\C/C=C\CCCCCC. The molecule has 6 heteroatoms. The number of unbranched alkanes of at least 4 members (excludes halogenated alkanes) is 19. The van der Waals surface area contributed by atoms with Crippen LogP contribution in [0.5, 0.6) is 0 Å². The number of hydrogen-bond donors (Lipinski definition) is 0. The van der Waals surface area contributed by atoms with Gasteiger partial charge in [0.15, 0.2) is 6.10 Å². The average Bonchev–Trinajstić information content (AvgIpc) is 3.42. The summed E-state index contributed by atoms with van der Waals surface area (Å²) in [6.45, 7) is 6.41. The predicted molar refractivity (Wildman–Crippen MR) is 329 cm³/mol. The molecule has 0 heterocycles. The Bertz CT molecular complexity index is 1680. The predicted octanol–water partition coefficient (Wildman–Crippen LogP) is 21.2. The van der Waals surface area contributed by atoms with Gasteiger partial charge in [0, 0.05) is 19.3 Å². The van der Waals surface area contributed by atoms with Crippen LogP contribution in [0.1, 0.15) is 258 Å². The van der Waals surface area contributed by atoms with Crippen molar-refractivity contribution in [3.63, 3.8) is 0 Å². The molecule has 428 valence electrons. The molecule has 0 fully saturated rings. The molecule has 0 aromatic carbocycles. The number of ether oxygens (including phenoxy) is 3. The van der Waals surface area contributed by atoms with Crippen molar-refractivity contribution in [2.24, 2.45) is 0 Å². The standard InChI is InChI=1S/C70H112O6/c1-4-7-10-13-16-19-22-24-26-28-29-30-31-32-33-34-35-36-37-38-39-40-41-42-44-45-48-51-54-57-60-63-69(72)75-66-67(65-74-68(71)62-59-56-53-50-47-21-18-15-12-9-6-3)76-70(73)64-61-58-55-52-49-46-43-27-25-23-20-17-14-11-8-5-2/h7,10,15-16,18-20,23-24,26-27,29-30,32-33,35-36,38-39,41-43,45,48,67H,4-6,8-9,11-14,17,21-22,25,28,31,34,37,40,44,46-47,49-66H2,1-3H3/b10-7-,18-15-,19-16-,23-20-,26-24-,30-29-,33-32-,36-35-,39-38-,42-41-,43-27-,48-45-. The number of hydrogen-bond acceptors (Lipinski definition) is 6. The van der Waals surface area contributed by atoms with Crippen molar-refractivity contribution in [3.8, 4) is 0 Å². The fourth-order valence-corrected chi connectivity index (χ4v) is 7.92. The molecular formula is C70H112O6. The quantitative estimate of drug-likeness (QED) is 0.0261. The molecule has 0 aromatic rings. The van der Waals surface area contributed by atoms with Gasteiger partial charge < -0.3 is 14.2 Å². The van der Waals surface area contributed by atoms with Crippen LogP contribution in [0.4, 0.5) is 0 Å². The summed E-state index contributed by atoms with van der Waals surface area (Å²) in [5.41, 5.74) is 0. The molecular weight excluding hydrogens is 937 g/mol. The number of carbonyl (C=O) groups is 3. The van der Waals surface area contributed by atoms with Crippen LogP contribution in [0.25, 0.3) is 0 Å². The van der Waals surface area contributed by atoms with E-state index in [9.17, 15) is 14.4 Å². The lowest BCUT2D eigenvalue weighted by atomic mass is 10.1. The monoisotopic (exact) mass is 1050 g/mol. The number of allylic oxidation sites excluding steroid dienone is 24. The van der Waals surface area contributed by atoms with Gasteiger partial charge in [0.2, 0.25) is 0 Å². The van der Waals surface area contributed by atoms with Gasteiger partial charge in [-0.2, -0.15) is 0 Å². The van der Waals surface area contributed by atoms with Crippen LogP contribution in [0.2, 0.25) is 0 Å². The maximum Gasteiger partial charge on any atom is 0.306 e. The minimum atomic E-state index is -0.808. The second-order valence-corrected chi connectivity index (χ2v) is 19.9. The third-order valence-corrected chi connectivity index (χ3v) is 12.5. The zero-order chi connectivity index (χ0) is 55.0. The molecule has 0 saturated carbocycles. The van der Waals surface area contributed by atoms with Gasteiger partial charge in [0.1, 0.15) is 13.2 Å². The maximum atomic E-state index is 12.9. The van der Waals surface area contributed by atoms with Crippen molar-refractivity contribution >= 4 is 17.9 Å². The molecule has 0 aliphatic rings. The molecule has 6 nitrogen and oxygen atoms in total. The highest BCUT2D eigenvalue weighted by atomic mass is 16.6. The molecule has 0 aromatic heterocycles. The van der Waals surface area contributed by atoms with E-state index in [1.807, 2.05) is 0 Å². The van der Waals surface area contributed by atoms with Crippen LogP contribution in [-0.2, 0) is 28.6 Å². The maximum absolute atomic E-state index is 12.9. The fourth-order valence-electron chi connectivity index (χ4n) is 7.92. The van der Waals surface area contributed by atoms with Crippen LogP contribution >= 0.6 is 0 Å². The zero-order valence-corrected chi connectivity index (χ0v) is 49.0. The van der Waals surface area contributed by atoms with Gasteiger partial charge >= 0.3 is 17.9 Å². The Morgan fingerprint density at radius 1 is 0.276 bits per heavy atom. The Labute approximate surface area is 467 Å². The minimum absolute atomic E-state index is 0.103. The Morgan fingerprint density at radius 3 is 0.868 bits per heavy atom. The molecule has 0 bridgehead atoms. The van der Waals surface area contributed by atoms with Crippen LogP contribution in [-0.4, -0.2) is 37.2 Å². The second kappa shape index (κ2) is 62.8. The molecule has 0 aliphatic carbocycles. The summed E-state index contributed by atoms with van der Waals surface area (Å²) in [6, 6.07) is 0. The van der Waals surface area contributed by atoms with E-state index in [1.165, 1.54) is 57.8 Å². The molecule has 0 radical (unpaired) electrons. The Kier molecular flexibility index (Phi) is 58.9. The van der Waals surface area contributed by atoms with E-state index in [1.54, 1.807) is 0 Å². The first-order valence-corrected chi connectivity index (χ1v) is 30.8. The van der Waals surface area contributed by atoms with Crippen molar-refractivity contribution in [2.45, 2.75) is 264 Å². The van der Waals surface area contributed by atoms with Crippen molar-refractivity contribution in [3.05, 3.63) is 146 Å². The summed E-state index contributed by atoms with van der Waals surface area (Å²) in [5, 5.41) is 0. The van der Waals surface area contributed by atoms with E-state index in [0.717, 1.165) is 161 Å². The summed E-state index contributed by atoms with van der Waals surface area (Å²) in [4.78, 5) is 38.1. The Hall–Kier alpha value is -4.71. The Morgan fingerprint density at radius 2 is 0.526 bits per heavy atom. The lowest BCUT2D eigenvalue weighted by Gasteiger charge is -2.18. The van der Waals surface area contributed by atoms with Gasteiger partial charge in [-0.3, -0.25) is 14.4 Å². The van der Waals surface area contributed by atoms with Crippen LogP contribution in [0.3, 0.4) is 0 Å². The normalized spacial score (nSPS) is 13.1. The van der Waals surface area contributed by atoms with Crippen molar-refractivity contribution in [1.29, 1.82) is 0 Å². The van der Waals surface area contributed by atoms with Gasteiger partial charge in [-0.25, -0.2) is 0 Å². The summed E-state index contributed by atoms with van der Waals surface area (Å²) in [5.74, 6) is -0.965. The topological polar surface area (TPSA) is 78.9 Å². The molecule has 1 atom stereocenters. The first kappa shape index (κ1) is 71.3. The number of rotatable bonds is 54. The first-order chi connectivity index (χ1) is 37.5. The summed E-state index contributed by atoms with van der Waals surface area (Å²) in [6.07, 6.45) is 89.9. The van der Waals surface area contributed by atoms with Gasteiger partial charge in [-0.05, 0) is 141 Å². The third-order valence-electron chi connectivity index (χ3n) is 12.5. The average molecular weight is 1050 g/mol. The molecule has 0 rings (SSSR count). The van der Waals surface area contributed by atoms with Crippen LogP contribution < -0.4 is 0 Å². The number of carbonyl (C=O) groups excluding carboxylic acids is 3. The number of esters is 3. The van der Waals surface area contributed by atoms with E-state index < -0.39 is 6.10 Å². The van der Waals surface area contributed by atoms with Crippen molar-refractivity contribution in [1.82, 2.24) is 0 Å². The zero-order valence-electron chi connectivity index (χ0n) is 49.0. The molecule has 0 N–H and O–H groups in total. The van der Waals surface area contributed by atoms with Gasteiger partial charge in [0.05, 0.1) is 0 Å². The van der Waals surface area contributed by atoms with Crippen molar-refractivity contribution < 1.29 is 28.6 Å². The molecule has 0 spiro atoms. The van der Waals surface area contributed by atoms with Gasteiger partial charge in [0.25, 0.3) is 0 Å². The third kappa shape index (κ3) is 60.2. The fraction of sp³-hybridized carbons (Fsp3) is 0.614.